The minimum Gasteiger partial charge on any atom is -0.314 e. The SMILES string of the molecule is [13CH3]c1c[nH]c(=O)[nH]c1=O. The summed E-state index contributed by atoms with van der Waals surface area (Å²) in [5.41, 5.74) is -0.293. The second-order valence-electron chi connectivity index (χ2n) is 1.75. The van der Waals surface area contributed by atoms with E-state index in [9.17, 15) is 9.59 Å². The van der Waals surface area contributed by atoms with Crippen molar-refractivity contribution in [1.82, 2.24) is 9.97 Å². The minimum atomic E-state index is -0.467. The lowest BCUT2D eigenvalue weighted by Crippen LogP contribution is -2.22. The summed E-state index contributed by atoms with van der Waals surface area (Å²) in [6, 6.07) is 0. The van der Waals surface area contributed by atoms with E-state index in [0.29, 0.717) is 5.56 Å². The summed E-state index contributed by atoms with van der Waals surface area (Å²) in [5, 5.41) is 0. The van der Waals surface area contributed by atoms with Gasteiger partial charge in [0.1, 0.15) is 0 Å². The molecule has 1 heterocycles. The highest BCUT2D eigenvalue weighted by Gasteiger charge is 1.88. The molecule has 0 fully saturated rings. The summed E-state index contributed by atoms with van der Waals surface area (Å²) in [4.78, 5) is 25.3. The van der Waals surface area contributed by atoms with Crippen molar-refractivity contribution in [3.63, 3.8) is 0 Å². The molecule has 1 aromatic rings. The Bertz CT molecular complexity index is 309. The summed E-state index contributed by atoms with van der Waals surface area (Å²) in [6.07, 6.45) is 1.38. The van der Waals surface area contributed by atoms with Crippen molar-refractivity contribution in [2.75, 3.05) is 0 Å². The molecule has 9 heavy (non-hydrogen) atoms. The maximum Gasteiger partial charge on any atom is 0.325 e. The molecule has 0 aliphatic carbocycles. The zero-order valence-electron chi connectivity index (χ0n) is 4.89. The van der Waals surface area contributed by atoms with Gasteiger partial charge in [0.15, 0.2) is 0 Å². The molecule has 0 aliphatic rings. The first kappa shape index (κ1) is 5.81. The van der Waals surface area contributed by atoms with Gasteiger partial charge < -0.3 is 4.98 Å². The first-order valence-corrected chi connectivity index (χ1v) is 2.49. The Balaban J connectivity index is 3.52. The van der Waals surface area contributed by atoms with Crippen molar-refractivity contribution in [3.05, 3.63) is 32.6 Å². The summed E-state index contributed by atoms with van der Waals surface area (Å²) in [6.45, 7) is 1.62. The fraction of sp³-hybridized carbons (Fsp3) is 0.200. The van der Waals surface area contributed by atoms with Crippen LogP contribution < -0.4 is 11.2 Å². The average Bonchev–Trinajstić information content (AvgIpc) is 1.80. The Hall–Kier alpha value is -1.32. The largest absolute Gasteiger partial charge is 0.325 e. The zero-order chi connectivity index (χ0) is 6.85. The molecule has 2 N–H and O–H groups in total. The molecule has 4 nitrogen and oxygen atoms in total. The predicted octanol–water partition coefficient (Wildman–Crippen LogP) is -0.628. The van der Waals surface area contributed by atoms with Crippen molar-refractivity contribution in [3.8, 4) is 0 Å². The second-order valence-corrected chi connectivity index (χ2v) is 1.75. The van der Waals surface area contributed by atoms with Crippen LogP contribution in [0.25, 0.3) is 0 Å². The normalized spacial score (nSPS) is 9.44. The number of aromatic nitrogens is 2. The van der Waals surface area contributed by atoms with Gasteiger partial charge in [0.05, 0.1) is 0 Å². The molecule has 4 heteroatoms. The van der Waals surface area contributed by atoms with Crippen LogP contribution >= 0.6 is 0 Å². The fourth-order valence-electron chi connectivity index (χ4n) is 0.477. The molecule has 1 rings (SSSR count). The highest BCUT2D eigenvalue weighted by Crippen LogP contribution is 1.73. The van der Waals surface area contributed by atoms with Crippen LogP contribution in [0.5, 0.6) is 0 Å². The summed E-state index contributed by atoms with van der Waals surface area (Å²) in [7, 11) is 0. The first-order chi connectivity index (χ1) is 4.20. The second kappa shape index (κ2) is 1.89. The Morgan fingerprint density at radius 2 is 2.11 bits per heavy atom. The molecule has 0 amide bonds. The van der Waals surface area contributed by atoms with Crippen LogP contribution in [0.15, 0.2) is 15.8 Å². The molecule has 0 saturated carbocycles. The van der Waals surface area contributed by atoms with Gasteiger partial charge in [-0.05, 0) is 6.92 Å². The number of nitrogens with one attached hydrogen (secondary N) is 2. The number of aryl methyl sites for hydroxylation is 1. The number of H-pyrrole nitrogens is 2. The van der Waals surface area contributed by atoms with Crippen LogP contribution in [0.3, 0.4) is 0 Å². The lowest BCUT2D eigenvalue weighted by Gasteiger charge is -1.84. The Labute approximate surface area is 50.6 Å². The van der Waals surface area contributed by atoms with Gasteiger partial charge in [-0.1, -0.05) is 0 Å². The molecular weight excluding hydrogens is 121 g/mol. The molecule has 0 atom stereocenters. The van der Waals surface area contributed by atoms with Crippen LogP contribution in [0, 0.1) is 6.92 Å². The van der Waals surface area contributed by atoms with E-state index in [4.69, 9.17) is 0 Å². The Morgan fingerprint density at radius 3 is 2.56 bits per heavy atom. The first-order valence-electron chi connectivity index (χ1n) is 2.49. The average molecular weight is 127 g/mol. The van der Waals surface area contributed by atoms with Gasteiger partial charge in [-0.3, -0.25) is 9.78 Å². The fourth-order valence-corrected chi connectivity index (χ4v) is 0.477. The predicted molar refractivity (Wildman–Crippen MR) is 32.4 cm³/mol. The molecule has 0 unspecified atom stereocenters. The van der Waals surface area contributed by atoms with E-state index >= 15 is 0 Å². The van der Waals surface area contributed by atoms with Crippen molar-refractivity contribution in [2.24, 2.45) is 0 Å². The van der Waals surface area contributed by atoms with Gasteiger partial charge in [0.2, 0.25) is 0 Å². The van der Waals surface area contributed by atoms with Crippen LogP contribution in [0.2, 0.25) is 0 Å². The Kier molecular flexibility index (Phi) is 1.22. The molecule has 0 aliphatic heterocycles. The third-order valence-electron chi connectivity index (χ3n) is 1.00. The quantitative estimate of drug-likeness (QED) is 0.456. The maximum atomic E-state index is 10.6. The zero-order valence-corrected chi connectivity index (χ0v) is 4.89. The van der Waals surface area contributed by atoms with Crippen molar-refractivity contribution < 1.29 is 0 Å². The standard InChI is InChI=1S/C5H6N2O2/c1-3-2-6-5(9)7-4(3)8/h2H,1H3,(H2,6,7,8,9)/i1+1. The van der Waals surface area contributed by atoms with Gasteiger partial charge in [0, 0.05) is 11.8 Å². The molecule has 0 saturated heterocycles. The smallest absolute Gasteiger partial charge is 0.314 e. The third-order valence-corrected chi connectivity index (χ3v) is 1.00. The highest BCUT2D eigenvalue weighted by atomic mass is 16.2. The van der Waals surface area contributed by atoms with Gasteiger partial charge >= 0.3 is 5.69 Å². The van der Waals surface area contributed by atoms with E-state index in [-0.39, 0.29) is 5.56 Å². The van der Waals surface area contributed by atoms with Gasteiger partial charge in [0.25, 0.3) is 5.56 Å². The topological polar surface area (TPSA) is 65.7 Å². The van der Waals surface area contributed by atoms with Gasteiger partial charge in [-0.2, -0.15) is 0 Å². The number of rotatable bonds is 0. The maximum absolute atomic E-state index is 10.6. The number of hydrogen-bond donors (Lipinski definition) is 2. The summed E-state index contributed by atoms with van der Waals surface area (Å²) < 4.78 is 0. The minimum absolute atomic E-state index is 0.334. The summed E-state index contributed by atoms with van der Waals surface area (Å²) >= 11 is 0. The summed E-state index contributed by atoms with van der Waals surface area (Å²) in [5.74, 6) is 0. The number of hydrogen-bond acceptors (Lipinski definition) is 2. The van der Waals surface area contributed by atoms with E-state index in [1.807, 2.05) is 0 Å². The van der Waals surface area contributed by atoms with E-state index in [1.54, 1.807) is 6.92 Å². The van der Waals surface area contributed by atoms with Crippen LogP contribution in [-0.4, -0.2) is 9.97 Å². The van der Waals surface area contributed by atoms with E-state index in [0.717, 1.165) is 0 Å². The third kappa shape index (κ3) is 1.07. The van der Waals surface area contributed by atoms with Crippen LogP contribution in [0.4, 0.5) is 0 Å². The van der Waals surface area contributed by atoms with Crippen molar-refractivity contribution in [1.29, 1.82) is 0 Å². The van der Waals surface area contributed by atoms with Crippen LogP contribution in [-0.2, 0) is 0 Å². The Morgan fingerprint density at radius 1 is 1.44 bits per heavy atom. The molecule has 0 bridgehead atoms. The van der Waals surface area contributed by atoms with Gasteiger partial charge in [-0.15, -0.1) is 0 Å². The van der Waals surface area contributed by atoms with E-state index in [1.165, 1.54) is 6.20 Å². The van der Waals surface area contributed by atoms with E-state index < -0.39 is 5.69 Å². The molecular formula is C5H6N2O2. The van der Waals surface area contributed by atoms with Crippen molar-refractivity contribution in [2.45, 2.75) is 6.92 Å². The number of aromatic amines is 2. The monoisotopic (exact) mass is 127 g/mol. The van der Waals surface area contributed by atoms with Crippen molar-refractivity contribution >= 4 is 0 Å². The van der Waals surface area contributed by atoms with E-state index in [2.05, 4.69) is 9.97 Å². The molecule has 0 radical (unpaired) electrons. The molecule has 0 aromatic carbocycles. The highest BCUT2D eigenvalue weighted by molar-refractivity contribution is 4.98. The lowest BCUT2D eigenvalue weighted by atomic mass is 10.5. The van der Waals surface area contributed by atoms with Gasteiger partial charge in [-0.25, -0.2) is 4.79 Å². The molecule has 48 valence electrons. The lowest BCUT2D eigenvalue weighted by molar-refractivity contribution is 1.01. The van der Waals surface area contributed by atoms with Crippen LogP contribution in [0.1, 0.15) is 5.56 Å². The molecule has 1 aromatic heterocycles. The molecule has 0 spiro atoms.